The van der Waals surface area contributed by atoms with Gasteiger partial charge in [0.2, 0.25) is 12.3 Å². The number of hydrogen-bond donors (Lipinski definition) is 3. The van der Waals surface area contributed by atoms with Gasteiger partial charge in [0.15, 0.2) is 6.23 Å². The van der Waals surface area contributed by atoms with Gasteiger partial charge in [-0.15, -0.1) is 0 Å². The molecule has 0 aromatic heterocycles. The summed E-state index contributed by atoms with van der Waals surface area (Å²) in [5.74, 6) is -0.719. The van der Waals surface area contributed by atoms with E-state index >= 15 is 0 Å². The van der Waals surface area contributed by atoms with Crippen LogP contribution in [0.25, 0.3) is 0 Å². The average molecular weight is 399 g/mol. The lowest BCUT2D eigenvalue weighted by Crippen LogP contribution is -2.75. The number of amides is 3. The van der Waals surface area contributed by atoms with Crippen LogP contribution in [0.5, 0.6) is 0 Å². The van der Waals surface area contributed by atoms with Crippen LogP contribution in [0.2, 0.25) is 0 Å². The van der Waals surface area contributed by atoms with Crippen LogP contribution in [0.15, 0.2) is 30.3 Å². The fourth-order valence-electron chi connectivity index (χ4n) is 2.35. The van der Waals surface area contributed by atoms with Crippen molar-refractivity contribution in [3.63, 3.8) is 0 Å². The van der Waals surface area contributed by atoms with Crippen molar-refractivity contribution >= 4 is 28.2 Å². The first-order chi connectivity index (χ1) is 12.8. The largest absolute Gasteiger partial charge is 0.445 e. The Morgan fingerprint density at radius 1 is 1.33 bits per heavy atom. The highest BCUT2D eigenvalue weighted by Crippen LogP contribution is 2.13. The summed E-state index contributed by atoms with van der Waals surface area (Å²) in [6, 6.07) is 7.26. The van der Waals surface area contributed by atoms with E-state index < -0.39 is 40.1 Å². The lowest BCUT2D eigenvalue weighted by atomic mass is 9.97. The molecule has 3 atom stereocenters. The monoisotopic (exact) mass is 399 g/mol. The van der Waals surface area contributed by atoms with Crippen molar-refractivity contribution in [2.24, 2.45) is 0 Å². The molecule has 0 saturated carbocycles. The summed E-state index contributed by atoms with van der Waals surface area (Å²) in [6.45, 7) is -0.144. The molecule has 1 aliphatic heterocycles. The lowest BCUT2D eigenvalue weighted by molar-refractivity contribution is -0.139. The van der Waals surface area contributed by atoms with E-state index in [4.69, 9.17) is 9.47 Å². The van der Waals surface area contributed by atoms with Crippen LogP contribution in [0, 0.1) is 0 Å². The molecule has 0 spiro atoms. The van der Waals surface area contributed by atoms with Gasteiger partial charge in [0.1, 0.15) is 28.5 Å². The van der Waals surface area contributed by atoms with E-state index in [0.29, 0.717) is 6.41 Å². The van der Waals surface area contributed by atoms with Gasteiger partial charge in [-0.3, -0.25) is 9.59 Å². The van der Waals surface area contributed by atoms with E-state index in [2.05, 4.69) is 16.0 Å². The zero-order valence-corrected chi connectivity index (χ0v) is 15.4. The maximum atomic E-state index is 11.9. The Morgan fingerprint density at radius 3 is 2.63 bits per heavy atom. The Balaban J connectivity index is 1.87. The van der Waals surface area contributed by atoms with Crippen LogP contribution in [-0.2, 0) is 35.5 Å². The van der Waals surface area contributed by atoms with Gasteiger partial charge in [0.25, 0.3) is 0 Å². The van der Waals surface area contributed by atoms with Gasteiger partial charge < -0.3 is 25.4 Å². The number of β-lactam (4-membered cyclic amide) rings is 1. The van der Waals surface area contributed by atoms with Crippen molar-refractivity contribution < 1.29 is 32.3 Å². The van der Waals surface area contributed by atoms with Crippen molar-refractivity contribution in [1.29, 1.82) is 0 Å². The van der Waals surface area contributed by atoms with Crippen molar-refractivity contribution in [2.45, 2.75) is 24.9 Å². The molecular weight excluding hydrogens is 378 g/mol. The zero-order valence-electron chi connectivity index (χ0n) is 14.6. The molecule has 0 radical (unpaired) electrons. The minimum atomic E-state index is -3.24. The summed E-state index contributed by atoms with van der Waals surface area (Å²) < 4.78 is 32.7. The van der Waals surface area contributed by atoms with E-state index in [-0.39, 0.29) is 19.0 Å². The molecule has 1 aromatic rings. The number of sulfone groups is 1. The van der Waals surface area contributed by atoms with E-state index in [1.165, 1.54) is 0 Å². The average Bonchev–Trinajstić information content (AvgIpc) is 2.62. The SMILES string of the molecule is CS(=O)(=O)CCOC(NC=O)C1NC(=O)C1NC(=O)OCc1ccccc1. The predicted molar refractivity (Wildman–Crippen MR) is 94.1 cm³/mol. The topological polar surface area (TPSA) is 140 Å². The normalized spacial score (nSPS) is 20.0. The van der Waals surface area contributed by atoms with E-state index in [0.717, 1.165) is 11.8 Å². The van der Waals surface area contributed by atoms with E-state index in [1.807, 2.05) is 6.07 Å². The zero-order chi connectivity index (χ0) is 19.9. The minimum Gasteiger partial charge on any atom is -0.445 e. The summed E-state index contributed by atoms with van der Waals surface area (Å²) in [7, 11) is -3.24. The first-order valence-corrected chi connectivity index (χ1v) is 10.1. The summed E-state index contributed by atoms with van der Waals surface area (Å²) in [4.78, 5) is 34.4. The van der Waals surface area contributed by atoms with Gasteiger partial charge in [0.05, 0.1) is 12.4 Å². The maximum Gasteiger partial charge on any atom is 0.408 e. The number of hydrogen-bond acceptors (Lipinski definition) is 7. The molecule has 1 aliphatic rings. The van der Waals surface area contributed by atoms with E-state index in [9.17, 15) is 22.8 Å². The molecule has 3 amide bonds. The van der Waals surface area contributed by atoms with Crippen LogP contribution >= 0.6 is 0 Å². The quantitative estimate of drug-likeness (QED) is 0.258. The number of benzene rings is 1. The number of carbonyl (C=O) groups excluding carboxylic acids is 3. The van der Waals surface area contributed by atoms with Gasteiger partial charge in [-0.1, -0.05) is 30.3 Å². The molecule has 1 aromatic carbocycles. The third-order valence-electron chi connectivity index (χ3n) is 3.75. The molecule has 1 saturated heterocycles. The minimum absolute atomic E-state index is 0.0343. The molecule has 1 heterocycles. The van der Waals surface area contributed by atoms with Crippen LogP contribution in [0.1, 0.15) is 5.56 Å². The number of rotatable bonds is 10. The smallest absolute Gasteiger partial charge is 0.408 e. The first-order valence-electron chi connectivity index (χ1n) is 8.07. The highest BCUT2D eigenvalue weighted by atomic mass is 32.2. The second-order valence-corrected chi connectivity index (χ2v) is 8.18. The number of alkyl carbamates (subject to hydrolysis) is 1. The van der Waals surface area contributed by atoms with Crippen LogP contribution in [0.3, 0.4) is 0 Å². The van der Waals surface area contributed by atoms with Gasteiger partial charge in [-0.05, 0) is 5.56 Å². The Hall–Kier alpha value is -2.66. The Bertz CT molecular complexity index is 769. The van der Waals surface area contributed by atoms with Crippen molar-refractivity contribution in [2.75, 3.05) is 18.6 Å². The first kappa shape index (κ1) is 20.6. The fourth-order valence-corrected chi connectivity index (χ4v) is 2.75. The molecule has 148 valence electrons. The standard InChI is InChI=1S/C16H21N3O7S/c1-27(23,24)8-7-25-15(17-10-20)13-12(14(21)18-13)19-16(22)26-9-11-5-3-2-4-6-11/h2-6,10,12-13,15H,7-9H2,1H3,(H,17,20)(H,18,21)(H,19,22). The van der Waals surface area contributed by atoms with Crippen molar-refractivity contribution in [1.82, 2.24) is 16.0 Å². The van der Waals surface area contributed by atoms with E-state index in [1.54, 1.807) is 24.3 Å². The Morgan fingerprint density at radius 2 is 2.04 bits per heavy atom. The van der Waals surface area contributed by atoms with Crippen molar-refractivity contribution in [3.8, 4) is 0 Å². The molecule has 2 rings (SSSR count). The molecule has 0 aliphatic carbocycles. The van der Waals surface area contributed by atoms with Gasteiger partial charge in [-0.2, -0.15) is 0 Å². The number of ether oxygens (including phenoxy) is 2. The number of nitrogens with one attached hydrogen (secondary N) is 3. The summed E-state index contributed by atoms with van der Waals surface area (Å²) >= 11 is 0. The van der Waals surface area contributed by atoms with Gasteiger partial charge in [0, 0.05) is 6.26 Å². The van der Waals surface area contributed by atoms with Crippen molar-refractivity contribution in [3.05, 3.63) is 35.9 Å². The van der Waals surface area contributed by atoms with Crippen LogP contribution in [-0.4, -0.2) is 63.8 Å². The summed E-state index contributed by atoms with van der Waals surface area (Å²) in [6.07, 6.45) is -0.386. The fraction of sp³-hybridized carbons (Fsp3) is 0.438. The second-order valence-electron chi connectivity index (χ2n) is 5.92. The maximum absolute atomic E-state index is 11.9. The molecule has 1 fully saturated rings. The highest BCUT2D eigenvalue weighted by molar-refractivity contribution is 7.90. The highest BCUT2D eigenvalue weighted by Gasteiger charge is 2.46. The Labute approximate surface area is 156 Å². The molecule has 11 heteroatoms. The second kappa shape index (κ2) is 9.33. The van der Waals surface area contributed by atoms with Gasteiger partial charge in [-0.25, -0.2) is 13.2 Å². The molecule has 27 heavy (non-hydrogen) atoms. The molecule has 10 nitrogen and oxygen atoms in total. The molecular formula is C16H21N3O7S. The predicted octanol–water partition coefficient (Wildman–Crippen LogP) is -1.09. The molecule has 3 unspecified atom stereocenters. The van der Waals surface area contributed by atoms with Crippen LogP contribution < -0.4 is 16.0 Å². The molecule has 3 N–H and O–H groups in total. The summed E-state index contributed by atoms with van der Waals surface area (Å²) in [5, 5.41) is 7.25. The third kappa shape index (κ3) is 6.53. The number of carbonyl (C=O) groups is 3. The Kier molecular flexibility index (Phi) is 7.13. The lowest BCUT2D eigenvalue weighted by Gasteiger charge is -2.40. The third-order valence-corrected chi connectivity index (χ3v) is 4.65. The molecule has 0 bridgehead atoms. The summed E-state index contributed by atoms with van der Waals surface area (Å²) in [5.41, 5.74) is 0.784. The van der Waals surface area contributed by atoms with Crippen LogP contribution in [0.4, 0.5) is 4.79 Å². The van der Waals surface area contributed by atoms with Gasteiger partial charge >= 0.3 is 6.09 Å².